The number of hydrogen-bond acceptors (Lipinski definition) is 2. The minimum atomic E-state index is -0.822. The number of rotatable bonds is 3. The van der Waals surface area contributed by atoms with Crippen LogP contribution in [0.2, 0.25) is 0 Å². The summed E-state index contributed by atoms with van der Waals surface area (Å²) in [6, 6.07) is 4.53. The molecule has 3 heteroatoms. The highest BCUT2D eigenvalue weighted by atomic mass is 19.1. The zero-order chi connectivity index (χ0) is 11.8. The van der Waals surface area contributed by atoms with Crippen LogP contribution >= 0.6 is 0 Å². The van der Waals surface area contributed by atoms with Crippen molar-refractivity contribution in [2.75, 3.05) is 6.61 Å². The lowest BCUT2D eigenvalue weighted by Crippen LogP contribution is -2.46. The summed E-state index contributed by atoms with van der Waals surface area (Å²) in [6.07, 6.45) is 1.35. The number of aliphatic hydroxyl groups is 1. The Bertz CT molecular complexity index is 384. The van der Waals surface area contributed by atoms with Crippen LogP contribution in [0.3, 0.4) is 0 Å². The topological polar surface area (TPSA) is 29.5 Å². The fraction of sp³-hybridized carbons (Fsp3) is 0.538. The van der Waals surface area contributed by atoms with Crippen molar-refractivity contribution >= 4 is 0 Å². The van der Waals surface area contributed by atoms with Gasteiger partial charge in [0.05, 0.1) is 11.7 Å². The number of halogens is 1. The van der Waals surface area contributed by atoms with Gasteiger partial charge in [0.25, 0.3) is 0 Å². The molecule has 1 fully saturated rings. The van der Waals surface area contributed by atoms with Gasteiger partial charge >= 0.3 is 0 Å². The first kappa shape index (κ1) is 11.6. The first-order valence-corrected chi connectivity index (χ1v) is 5.66. The summed E-state index contributed by atoms with van der Waals surface area (Å²) in [7, 11) is 0. The van der Waals surface area contributed by atoms with Gasteiger partial charge in [-0.15, -0.1) is 0 Å². The van der Waals surface area contributed by atoms with E-state index in [2.05, 4.69) is 0 Å². The summed E-state index contributed by atoms with van der Waals surface area (Å²) in [4.78, 5) is 0. The number of ether oxygens (including phenoxy) is 1. The molecule has 1 saturated carbocycles. The van der Waals surface area contributed by atoms with Crippen LogP contribution in [-0.4, -0.2) is 17.8 Å². The van der Waals surface area contributed by atoms with Crippen LogP contribution in [-0.2, 0) is 10.3 Å². The van der Waals surface area contributed by atoms with Crippen LogP contribution < -0.4 is 0 Å². The van der Waals surface area contributed by atoms with Gasteiger partial charge in [0.1, 0.15) is 5.82 Å². The van der Waals surface area contributed by atoms with Crippen LogP contribution in [0.4, 0.5) is 4.39 Å². The summed E-state index contributed by atoms with van der Waals surface area (Å²) < 4.78 is 18.4. The monoisotopic (exact) mass is 224 g/mol. The smallest absolute Gasteiger partial charge is 0.123 e. The Labute approximate surface area is 95.1 Å². The summed E-state index contributed by atoms with van der Waals surface area (Å²) in [6.45, 7) is 4.44. The summed E-state index contributed by atoms with van der Waals surface area (Å²) in [5, 5.41) is 10.3. The van der Waals surface area contributed by atoms with E-state index in [-0.39, 0.29) is 11.9 Å². The van der Waals surface area contributed by atoms with Crippen molar-refractivity contribution in [3.05, 3.63) is 35.1 Å². The molecular weight excluding hydrogens is 207 g/mol. The summed E-state index contributed by atoms with van der Waals surface area (Å²) >= 11 is 0. The molecule has 1 aliphatic rings. The molecule has 0 aromatic heterocycles. The van der Waals surface area contributed by atoms with Crippen LogP contribution in [0, 0.1) is 12.7 Å². The van der Waals surface area contributed by atoms with Gasteiger partial charge in [0.15, 0.2) is 0 Å². The maximum atomic E-state index is 12.9. The highest BCUT2D eigenvalue weighted by Gasteiger charge is 2.45. The molecule has 0 amide bonds. The van der Waals surface area contributed by atoms with Crippen molar-refractivity contribution in [1.29, 1.82) is 0 Å². The molecular formula is C13H17FO2. The second-order valence-corrected chi connectivity index (χ2v) is 4.48. The molecule has 0 radical (unpaired) electrons. The molecule has 0 spiro atoms. The van der Waals surface area contributed by atoms with Gasteiger partial charge in [0, 0.05) is 19.4 Å². The van der Waals surface area contributed by atoms with Crippen molar-refractivity contribution in [3.63, 3.8) is 0 Å². The Morgan fingerprint density at radius 3 is 2.75 bits per heavy atom. The quantitative estimate of drug-likeness (QED) is 0.854. The van der Waals surface area contributed by atoms with E-state index in [1.807, 2.05) is 13.8 Å². The number of benzene rings is 1. The van der Waals surface area contributed by atoms with Gasteiger partial charge < -0.3 is 9.84 Å². The Hall–Kier alpha value is -0.930. The second-order valence-electron chi connectivity index (χ2n) is 4.48. The van der Waals surface area contributed by atoms with Crippen molar-refractivity contribution in [3.8, 4) is 0 Å². The summed E-state index contributed by atoms with van der Waals surface area (Å²) in [5.41, 5.74) is 0.805. The minimum absolute atomic E-state index is 0.138. The standard InChI is InChI=1S/C13H17FO2/c1-3-16-11-7-13(15,8-11)12-5-4-10(14)6-9(12)2/h4-6,11,15H,3,7-8H2,1-2H3. The highest BCUT2D eigenvalue weighted by Crippen LogP contribution is 2.44. The lowest BCUT2D eigenvalue weighted by Gasteiger charge is -2.44. The predicted molar refractivity (Wildman–Crippen MR) is 59.7 cm³/mol. The van der Waals surface area contributed by atoms with E-state index in [0.717, 1.165) is 11.1 Å². The molecule has 1 aliphatic carbocycles. The maximum Gasteiger partial charge on any atom is 0.123 e. The first-order valence-electron chi connectivity index (χ1n) is 5.66. The molecule has 1 N–H and O–H groups in total. The molecule has 16 heavy (non-hydrogen) atoms. The SMILES string of the molecule is CCOC1CC(O)(c2ccc(F)cc2C)C1. The summed E-state index contributed by atoms with van der Waals surface area (Å²) in [5.74, 6) is -0.259. The van der Waals surface area contributed by atoms with Crippen molar-refractivity contribution in [2.45, 2.75) is 38.4 Å². The third kappa shape index (κ3) is 1.97. The average Bonchev–Trinajstić information content (AvgIpc) is 2.15. The first-order chi connectivity index (χ1) is 7.55. The highest BCUT2D eigenvalue weighted by molar-refractivity contribution is 5.34. The van der Waals surface area contributed by atoms with Crippen LogP contribution in [0.5, 0.6) is 0 Å². The van der Waals surface area contributed by atoms with Crippen molar-refractivity contribution in [2.24, 2.45) is 0 Å². The molecule has 1 aromatic rings. The van der Waals surface area contributed by atoms with Crippen LogP contribution in [0.25, 0.3) is 0 Å². The molecule has 2 rings (SSSR count). The van der Waals surface area contributed by atoms with Crippen LogP contribution in [0.1, 0.15) is 30.9 Å². The van der Waals surface area contributed by atoms with Gasteiger partial charge in [0.2, 0.25) is 0 Å². The van der Waals surface area contributed by atoms with E-state index in [4.69, 9.17) is 4.74 Å². The fourth-order valence-corrected chi connectivity index (χ4v) is 2.42. The fourth-order valence-electron chi connectivity index (χ4n) is 2.42. The van der Waals surface area contributed by atoms with Gasteiger partial charge in [-0.3, -0.25) is 0 Å². The average molecular weight is 224 g/mol. The largest absolute Gasteiger partial charge is 0.385 e. The van der Waals surface area contributed by atoms with Crippen LogP contribution in [0.15, 0.2) is 18.2 Å². The van der Waals surface area contributed by atoms with E-state index in [1.54, 1.807) is 6.07 Å². The van der Waals surface area contributed by atoms with E-state index < -0.39 is 5.60 Å². The van der Waals surface area contributed by atoms with Gasteiger partial charge in [-0.25, -0.2) is 4.39 Å². The van der Waals surface area contributed by atoms with Gasteiger partial charge in [-0.2, -0.15) is 0 Å². The molecule has 1 aromatic carbocycles. The Morgan fingerprint density at radius 2 is 2.19 bits per heavy atom. The number of hydrogen-bond donors (Lipinski definition) is 1. The Morgan fingerprint density at radius 1 is 1.50 bits per heavy atom. The van der Waals surface area contributed by atoms with Gasteiger partial charge in [-0.1, -0.05) is 6.07 Å². The molecule has 0 heterocycles. The van der Waals surface area contributed by atoms with Crippen molar-refractivity contribution in [1.82, 2.24) is 0 Å². The zero-order valence-electron chi connectivity index (χ0n) is 9.66. The lowest BCUT2D eigenvalue weighted by molar-refractivity contribution is -0.143. The Kier molecular flexibility index (Phi) is 3.00. The third-order valence-corrected chi connectivity index (χ3v) is 3.22. The van der Waals surface area contributed by atoms with Crippen molar-refractivity contribution < 1.29 is 14.2 Å². The molecule has 0 unspecified atom stereocenters. The van der Waals surface area contributed by atoms with E-state index in [1.165, 1.54) is 12.1 Å². The second kappa shape index (κ2) is 4.15. The predicted octanol–water partition coefficient (Wildman–Crippen LogP) is 2.52. The normalized spacial score (nSPS) is 28.9. The molecule has 0 atom stereocenters. The lowest BCUT2D eigenvalue weighted by atomic mass is 9.71. The molecule has 88 valence electrons. The molecule has 0 aliphatic heterocycles. The van der Waals surface area contributed by atoms with E-state index in [0.29, 0.717) is 19.4 Å². The molecule has 0 saturated heterocycles. The van der Waals surface area contributed by atoms with Gasteiger partial charge in [-0.05, 0) is 37.1 Å². The number of aryl methyl sites for hydroxylation is 1. The van der Waals surface area contributed by atoms with E-state index >= 15 is 0 Å². The molecule has 0 bridgehead atoms. The third-order valence-electron chi connectivity index (χ3n) is 3.22. The van der Waals surface area contributed by atoms with E-state index in [9.17, 15) is 9.50 Å². The maximum absolute atomic E-state index is 12.9. The minimum Gasteiger partial charge on any atom is -0.385 e. The zero-order valence-corrected chi connectivity index (χ0v) is 9.66. The Balaban J connectivity index is 2.14. The molecule has 2 nitrogen and oxygen atoms in total.